The molecular formula is C13H17BrO2. The van der Waals surface area contributed by atoms with Crippen molar-refractivity contribution < 1.29 is 9.84 Å². The van der Waals surface area contributed by atoms with Crippen molar-refractivity contribution in [2.75, 3.05) is 7.11 Å². The van der Waals surface area contributed by atoms with E-state index >= 15 is 0 Å². The smallest absolute Gasteiger partial charge is 0.122 e. The summed E-state index contributed by atoms with van der Waals surface area (Å²) in [5, 5.41) is 10.2. The van der Waals surface area contributed by atoms with Crippen molar-refractivity contribution in [2.24, 2.45) is 5.92 Å². The van der Waals surface area contributed by atoms with Gasteiger partial charge in [0.2, 0.25) is 0 Å². The van der Waals surface area contributed by atoms with Crippen LogP contribution < -0.4 is 4.74 Å². The zero-order valence-corrected chi connectivity index (χ0v) is 11.3. The molecular weight excluding hydrogens is 268 g/mol. The van der Waals surface area contributed by atoms with Crippen LogP contribution in [0.3, 0.4) is 0 Å². The molecule has 0 saturated carbocycles. The summed E-state index contributed by atoms with van der Waals surface area (Å²) in [4.78, 5) is 0. The largest absolute Gasteiger partial charge is 0.496 e. The molecule has 1 aromatic carbocycles. The molecule has 1 aliphatic rings. The summed E-state index contributed by atoms with van der Waals surface area (Å²) in [6.45, 7) is 2.19. The van der Waals surface area contributed by atoms with Gasteiger partial charge in [-0.05, 0) is 37.3 Å². The molecule has 16 heavy (non-hydrogen) atoms. The molecule has 3 heteroatoms. The molecule has 0 aliphatic heterocycles. The van der Waals surface area contributed by atoms with Gasteiger partial charge in [-0.2, -0.15) is 0 Å². The molecule has 0 saturated heterocycles. The minimum Gasteiger partial charge on any atom is -0.496 e. The van der Waals surface area contributed by atoms with Crippen LogP contribution >= 0.6 is 15.9 Å². The molecule has 0 spiro atoms. The molecule has 0 aromatic heterocycles. The standard InChI is InChI=1S/C13H17BrO2/c1-8-3-4-9-12(16-2)6-5-10(14)13(9)11(15)7-8/h5-6,8,11,15H,3-4,7H2,1-2H3. The number of benzene rings is 1. The van der Waals surface area contributed by atoms with Crippen LogP contribution in [0.25, 0.3) is 0 Å². The number of aliphatic hydroxyl groups excluding tert-OH is 1. The lowest BCUT2D eigenvalue weighted by atomic mass is 9.99. The van der Waals surface area contributed by atoms with Gasteiger partial charge >= 0.3 is 0 Å². The average molecular weight is 285 g/mol. The van der Waals surface area contributed by atoms with Gasteiger partial charge in [-0.3, -0.25) is 0 Å². The van der Waals surface area contributed by atoms with Gasteiger partial charge in [-0.1, -0.05) is 22.9 Å². The van der Waals surface area contributed by atoms with E-state index in [9.17, 15) is 5.11 Å². The summed E-state index contributed by atoms with van der Waals surface area (Å²) >= 11 is 3.52. The SMILES string of the molecule is COc1ccc(Br)c2c1CCC(C)CC2O. The fraction of sp³-hybridized carbons (Fsp3) is 0.538. The summed E-state index contributed by atoms with van der Waals surface area (Å²) in [6, 6.07) is 3.92. The number of fused-ring (bicyclic) bond motifs is 1. The quantitative estimate of drug-likeness (QED) is 0.801. The van der Waals surface area contributed by atoms with E-state index in [1.807, 2.05) is 12.1 Å². The maximum absolute atomic E-state index is 10.2. The maximum Gasteiger partial charge on any atom is 0.122 e. The van der Waals surface area contributed by atoms with Crippen LogP contribution in [0.1, 0.15) is 37.0 Å². The highest BCUT2D eigenvalue weighted by Crippen LogP contribution is 2.40. The molecule has 0 fully saturated rings. The lowest BCUT2D eigenvalue weighted by Crippen LogP contribution is -2.03. The number of hydrogen-bond donors (Lipinski definition) is 1. The number of halogens is 1. The van der Waals surface area contributed by atoms with E-state index < -0.39 is 0 Å². The Bertz CT molecular complexity index is 390. The van der Waals surface area contributed by atoms with Gasteiger partial charge in [-0.15, -0.1) is 0 Å². The highest BCUT2D eigenvalue weighted by atomic mass is 79.9. The van der Waals surface area contributed by atoms with E-state index in [4.69, 9.17) is 4.74 Å². The number of ether oxygens (including phenoxy) is 1. The molecule has 1 aliphatic carbocycles. The highest BCUT2D eigenvalue weighted by molar-refractivity contribution is 9.10. The van der Waals surface area contributed by atoms with Crippen molar-refractivity contribution in [3.8, 4) is 5.75 Å². The van der Waals surface area contributed by atoms with E-state index in [1.165, 1.54) is 0 Å². The van der Waals surface area contributed by atoms with Crippen molar-refractivity contribution in [1.82, 2.24) is 0 Å². The van der Waals surface area contributed by atoms with Gasteiger partial charge in [0.25, 0.3) is 0 Å². The number of aliphatic hydroxyl groups is 1. The molecule has 0 amide bonds. The Morgan fingerprint density at radius 3 is 2.88 bits per heavy atom. The topological polar surface area (TPSA) is 29.5 Å². The van der Waals surface area contributed by atoms with E-state index in [1.54, 1.807) is 7.11 Å². The third-order valence-electron chi connectivity index (χ3n) is 3.33. The van der Waals surface area contributed by atoms with Gasteiger partial charge in [0.15, 0.2) is 0 Å². The molecule has 2 atom stereocenters. The molecule has 0 bridgehead atoms. The molecule has 88 valence electrons. The first-order valence-corrected chi connectivity index (χ1v) is 6.46. The fourth-order valence-electron chi connectivity index (χ4n) is 2.43. The van der Waals surface area contributed by atoms with E-state index in [-0.39, 0.29) is 6.10 Å². The Balaban J connectivity index is 2.52. The second kappa shape index (κ2) is 4.76. The second-order valence-corrected chi connectivity index (χ2v) is 5.39. The third-order valence-corrected chi connectivity index (χ3v) is 4.02. The van der Waals surface area contributed by atoms with Gasteiger partial charge < -0.3 is 9.84 Å². The van der Waals surface area contributed by atoms with Gasteiger partial charge in [0, 0.05) is 15.6 Å². The lowest BCUT2D eigenvalue weighted by Gasteiger charge is -2.17. The molecule has 1 aromatic rings. The van der Waals surface area contributed by atoms with Gasteiger partial charge in [0.1, 0.15) is 5.75 Å². The first-order valence-electron chi connectivity index (χ1n) is 5.66. The predicted molar refractivity (Wildman–Crippen MR) is 67.8 cm³/mol. The molecule has 1 N–H and O–H groups in total. The molecule has 0 heterocycles. The zero-order chi connectivity index (χ0) is 11.7. The minimum atomic E-state index is -0.378. The predicted octanol–water partition coefficient (Wildman–Crippen LogP) is 3.46. The Morgan fingerprint density at radius 2 is 2.19 bits per heavy atom. The van der Waals surface area contributed by atoms with Crippen LogP contribution in [-0.2, 0) is 6.42 Å². The molecule has 0 radical (unpaired) electrons. The van der Waals surface area contributed by atoms with Crippen molar-refractivity contribution in [3.05, 3.63) is 27.7 Å². The van der Waals surface area contributed by atoms with Crippen LogP contribution in [0.2, 0.25) is 0 Å². The van der Waals surface area contributed by atoms with Crippen LogP contribution in [0, 0.1) is 5.92 Å². The van der Waals surface area contributed by atoms with E-state index in [0.29, 0.717) is 5.92 Å². The van der Waals surface area contributed by atoms with Crippen LogP contribution in [0.4, 0.5) is 0 Å². The first kappa shape index (κ1) is 11.9. The van der Waals surface area contributed by atoms with Gasteiger partial charge in [-0.25, -0.2) is 0 Å². The van der Waals surface area contributed by atoms with Crippen molar-refractivity contribution in [2.45, 2.75) is 32.3 Å². The normalized spacial score (nSPS) is 24.8. The second-order valence-electron chi connectivity index (χ2n) is 4.54. The van der Waals surface area contributed by atoms with Crippen LogP contribution in [0.5, 0.6) is 5.75 Å². The number of methoxy groups -OCH3 is 1. The Morgan fingerprint density at radius 1 is 1.44 bits per heavy atom. The summed E-state index contributed by atoms with van der Waals surface area (Å²) in [5.74, 6) is 1.45. The molecule has 2 unspecified atom stereocenters. The molecule has 2 nitrogen and oxygen atoms in total. The van der Waals surface area contributed by atoms with Gasteiger partial charge in [0.05, 0.1) is 13.2 Å². The van der Waals surface area contributed by atoms with Crippen molar-refractivity contribution >= 4 is 15.9 Å². The summed E-state index contributed by atoms with van der Waals surface area (Å²) in [5.41, 5.74) is 2.18. The average Bonchev–Trinajstić information content (AvgIpc) is 2.39. The minimum absolute atomic E-state index is 0.378. The fourth-order valence-corrected chi connectivity index (χ4v) is 3.07. The molecule has 2 rings (SSSR count). The zero-order valence-electron chi connectivity index (χ0n) is 9.66. The number of hydrogen-bond acceptors (Lipinski definition) is 2. The Kier molecular flexibility index (Phi) is 3.55. The monoisotopic (exact) mass is 284 g/mol. The van der Waals surface area contributed by atoms with Crippen LogP contribution in [-0.4, -0.2) is 12.2 Å². The number of rotatable bonds is 1. The van der Waals surface area contributed by atoms with E-state index in [2.05, 4.69) is 22.9 Å². The Labute approximate surface area is 105 Å². The first-order chi connectivity index (χ1) is 7.63. The van der Waals surface area contributed by atoms with Crippen molar-refractivity contribution in [1.29, 1.82) is 0 Å². The highest BCUT2D eigenvalue weighted by Gasteiger charge is 2.25. The van der Waals surface area contributed by atoms with Crippen LogP contribution in [0.15, 0.2) is 16.6 Å². The Hall–Kier alpha value is -0.540. The summed E-state index contributed by atoms with van der Waals surface area (Å²) < 4.78 is 6.37. The van der Waals surface area contributed by atoms with E-state index in [0.717, 1.165) is 40.6 Å². The van der Waals surface area contributed by atoms with Crippen molar-refractivity contribution in [3.63, 3.8) is 0 Å². The summed E-state index contributed by atoms with van der Waals surface area (Å²) in [6.07, 6.45) is 2.54. The third kappa shape index (κ3) is 2.11. The summed E-state index contributed by atoms with van der Waals surface area (Å²) in [7, 11) is 1.68. The lowest BCUT2D eigenvalue weighted by molar-refractivity contribution is 0.149. The maximum atomic E-state index is 10.2.